The van der Waals surface area contributed by atoms with Crippen molar-refractivity contribution in [1.29, 1.82) is 0 Å². The number of anilines is 1. The van der Waals surface area contributed by atoms with Gasteiger partial charge in [-0.15, -0.1) is 0 Å². The zero-order chi connectivity index (χ0) is 25.8. The van der Waals surface area contributed by atoms with E-state index in [1.165, 1.54) is 50.3 Å². The molecule has 0 aliphatic heterocycles. The van der Waals surface area contributed by atoms with Crippen LogP contribution in [0, 0.1) is 0 Å². The molecule has 0 spiro atoms. The summed E-state index contributed by atoms with van der Waals surface area (Å²) < 4.78 is 16.1. The van der Waals surface area contributed by atoms with Crippen molar-refractivity contribution in [3.05, 3.63) is 100.0 Å². The lowest BCUT2D eigenvalue weighted by Crippen LogP contribution is -2.23. The molecule has 9 nitrogen and oxygen atoms in total. The second-order valence-electron chi connectivity index (χ2n) is 7.70. The number of nitrogens with one attached hydrogen (secondary N) is 1. The van der Waals surface area contributed by atoms with Crippen LogP contribution >= 0.6 is 0 Å². The molecule has 0 radical (unpaired) electrons. The van der Waals surface area contributed by atoms with Crippen LogP contribution in [0.3, 0.4) is 0 Å². The van der Waals surface area contributed by atoms with Crippen molar-refractivity contribution in [3.8, 4) is 11.4 Å². The fourth-order valence-corrected chi connectivity index (χ4v) is 3.79. The van der Waals surface area contributed by atoms with Crippen molar-refractivity contribution in [3.63, 3.8) is 0 Å². The van der Waals surface area contributed by atoms with E-state index in [0.717, 1.165) is 0 Å². The molecule has 0 unspecified atom stereocenters. The number of ether oxygens (including phenoxy) is 3. The molecular formula is C27H22N2O7. The first-order valence-corrected chi connectivity index (χ1v) is 10.8. The number of methoxy groups -OCH3 is 3. The number of fused-ring (bicyclic) bond motifs is 1. The molecule has 0 aliphatic rings. The van der Waals surface area contributed by atoms with E-state index in [1.807, 2.05) is 0 Å². The number of hydrogen-bond donors (Lipinski definition) is 1. The maximum atomic E-state index is 13.5. The Morgan fingerprint density at radius 2 is 1.42 bits per heavy atom. The van der Waals surface area contributed by atoms with Gasteiger partial charge in [-0.05, 0) is 36.4 Å². The summed E-state index contributed by atoms with van der Waals surface area (Å²) in [6, 6.07) is 17.7. The van der Waals surface area contributed by atoms with Crippen molar-refractivity contribution in [2.75, 3.05) is 26.6 Å². The first-order chi connectivity index (χ1) is 17.4. The van der Waals surface area contributed by atoms with E-state index in [-0.39, 0.29) is 27.9 Å². The maximum Gasteiger partial charge on any atom is 0.337 e. The molecule has 1 aromatic heterocycles. The van der Waals surface area contributed by atoms with Crippen LogP contribution in [0.5, 0.6) is 5.75 Å². The number of benzene rings is 3. The Kier molecular flexibility index (Phi) is 6.82. The number of hydrogen-bond acceptors (Lipinski definition) is 7. The summed E-state index contributed by atoms with van der Waals surface area (Å²) >= 11 is 0. The molecule has 4 rings (SSSR count). The lowest BCUT2D eigenvalue weighted by molar-refractivity contribution is 0.0599. The third kappa shape index (κ3) is 4.67. The van der Waals surface area contributed by atoms with E-state index in [9.17, 15) is 19.2 Å². The molecule has 9 heteroatoms. The van der Waals surface area contributed by atoms with E-state index >= 15 is 0 Å². The lowest BCUT2D eigenvalue weighted by atomic mass is 10.1. The van der Waals surface area contributed by atoms with Gasteiger partial charge in [0.05, 0.1) is 43.7 Å². The SMILES string of the molecule is COC(=O)c1cc(NC(=O)c2cn(-c3cccc(OC)c3)c(=O)c3ccccc23)cc(C(=O)OC)c1. The predicted molar refractivity (Wildman–Crippen MR) is 133 cm³/mol. The zero-order valence-electron chi connectivity index (χ0n) is 19.7. The Morgan fingerprint density at radius 3 is 2.03 bits per heavy atom. The molecule has 1 N–H and O–H groups in total. The second kappa shape index (κ2) is 10.1. The topological polar surface area (TPSA) is 113 Å². The summed E-state index contributed by atoms with van der Waals surface area (Å²) in [5, 5.41) is 3.50. The summed E-state index contributed by atoms with van der Waals surface area (Å²) in [5.74, 6) is -1.38. The monoisotopic (exact) mass is 486 g/mol. The first kappa shape index (κ1) is 24.2. The summed E-state index contributed by atoms with van der Waals surface area (Å²) in [6.07, 6.45) is 1.44. The van der Waals surface area contributed by atoms with Gasteiger partial charge in [0.25, 0.3) is 11.5 Å². The first-order valence-electron chi connectivity index (χ1n) is 10.8. The number of pyridine rings is 1. The van der Waals surface area contributed by atoms with Crippen molar-refractivity contribution in [2.24, 2.45) is 0 Å². The summed E-state index contributed by atoms with van der Waals surface area (Å²) in [6.45, 7) is 0. The highest BCUT2D eigenvalue weighted by Crippen LogP contribution is 2.23. The van der Waals surface area contributed by atoms with Crippen LogP contribution in [-0.4, -0.2) is 43.7 Å². The molecule has 0 atom stereocenters. The van der Waals surface area contributed by atoms with Crippen molar-refractivity contribution >= 4 is 34.3 Å². The molecule has 182 valence electrons. The lowest BCUT2D eigenvalue weighted by Gasteiger charge is -2.14. The van der Waals surface area contributed by atoms with Crippen LogP contribution in [0.1, 0.15) is 31.1 Å². The molecule has 0 saturated heterocycles. The van der Waals surface area contributed by atoms with E-state index in [1.54, 1.807) is 48.5 Å². The minimum absolute atomic E-state index is 0.0573. The van der Waals surface area contributed by atoms with Gasteiger partial charge >= 0.3 is 11.9 Å². The van der Waals surface area contributed by atoms with E-state index < -0.39 is 17.8 Å². The van der Waals surface area contributed by atoms with Gasteiger partial charge in [0.1, 0.15) is 5.75 Å². The van der Waals surface area contributed by atoms with Crippen LogP contribution in [0.15, 0.2) is 77.7 Å². The minimum atomic E-state index is -0.687. The Morgan fingerprint density at radius 1 is 0.778 bits per heavy atom. The number of aromatic nitrogens is 1. The minimum Gasteiger partial charge on any atom is -0.497 e. The number of nitrogens with zero attached hydrogens (tertiary/aromatic N) is 1. The molecule has 0 aliphatic carbocycles. The summed E-state index contributed by atoms with van der Waals surface area (Å²) in [4.78, 5) is 50.9. The van der Waals surface area contributed by atoms with Crippen LogP contribution < -0.4 is 15.6 Å². The van der Waals surface area contributed by atoms with Crippen LogP contribution in [-0.2, 0) is 9.47 Å². The molecular weight excluding hydrogens is 464 g/mol. The van der Waals surface area contributed by atoms with Gasteiger partial charge in [0.15, 0.2) is 0 Å². The summed E-state index contributed by atoms with van der Waals surface area (Å²) in [5.41, 5.74) is 0.697. The molecule has 1 amide bonds. The largest absolute Gasteiger partial charge is 0.497 e. The Bertz CT molecular complexity index is 1520. The zero-order valence-corrected chi connectivity index (χ0v) is 19.7. The normalized spacial score (nSPS) is 10.5. The Hall–Kier alpha value is -4.92. The number of esters is 2. The van der Waals surface area contributed by atoms with Gasteiger partial charge in [0.2, 0.25) is 0 Å². The van der Waals surface area contributed by atoms with Crippen LogP contribution in [0.25, 0.3) is 16.5 Å². The average molecular weight is 486 g/mol. The average Bonchev–Trinajstić information content (AvgIpc) is 2.92. The van der Waals surface area contributed by atoms with Crippen LogP contribution in [0.2, 0.25) is 0 Å². The molecule has 4 aromatic rings. The highest BCUT2D eigenvalue weighted by Gasteiger charge is 2.19. The van der Waals surface area contributed by atoms with Gasteiger partial charge in [-0.1, -0.05) is 24.3 Å². The number of carbonyl (C=O) groups excluding carboxylic acids is 3. The summed E-state index contributed by atoms with van der Waals surface area (Å²) in [7, 11) is 3.94. The van der Waals surface area contributed by atoms with Gasteiger partial charge in [0, 0.05) is 28.7 Å². The molecule has 0 saturated carbocycles. The molecule has 3 aromatic carbocycles. The van der Waals surface area contributed by atoms with Crippen LogP contribution in [0.4, 0.5) is 5.69 Å². The van der Waals surface area contributed by atoms with E-state index in [0.29, 0.717) is 22.2 Å². The quantitative estimate of drug-likeness (QED) is 0.412. The van der Waals surface area contributed by atoms with Crippen molar-refractivity contribution in [1.82, 2.24) is 4.57 Å². The molecule has 36 heavy (non-hydrogen) atoms. The fraction of sp³-hybridized carbons (Fsp3) is 0.111. The van der Waals surface area contributed by atoms with E-state index in [2.05, 4.69) is 5.32 Å². The molecule has 0 bridgehead atoms. The third-order valence-corrected chi connectivity index (χ3v) is 5.53. The standard InChI is InChI=1S/C27H22N2O7/c1-34-20-8-6-7-19(14-20)29-15-23(21-9-4-5-10-22(21)25(29)31)24(30)28-18-12-16(26(32)35-2)11-17(13-18)27(33)36-3/h4-15H,1-3H3,(H,28,30). The fourth-order valence-electron chi connectivity index (χ4n) is 3.79. The van der Waals surface area contributed by atoms with Gasteiger partial charge in [-0.2, -0.15) is 0 Å². The molecule has 0 fully saturated rings. The Balaban J connectivity index is 1.84. The smallest absolute Gasteiger partial charge is 0.337 e. The van der Waals surface area contributed by atoms with Gasteiger partial charge in [-0.3, -0.25) is 14.2 Å². The number of rotatable bonds is 6. The number of amides is 1. The van der Waals surface area contributed by atoms with Crippen molar-refractivity contribution < 1.29 is 28.6 Å². The third-order valence-electron chi connectivity index (χ3n) is 5.53. The highest BCUT2D eigenvalue weighted by atomic mass is 16.5. The maximum absolute atomic E-state index is 13.5. The van der Waals surface area contributed by atoms with Gasteiger partial charge in [-0.25, -0.2) is 9.59 Å². The van der Waals surface area contributed by atoms with E-state index in [4.69, 9.17) is 14.2 Å². The van der Waals surface area contributed by atoms with Gasteiger partial charge < -0.3 is 19.5 Å². The highest BCUT2D eigenvalue weighted by molar-refractivity contribution is 6.13. The Labute approximate surface area is 205 Å². The van der Waals surface area contributed by atoms with Crippen molar-refractivity contribution in [2.45, 2.75) is 0 Å². The number of carbonyl (C=O) groups is 3. The predicted octanol–water partition coefficient (Wildman–Crippen LogP) is 3.82. The molecule has 1 heterocycles. The second-order valence-corrected chi connectivity index (χ2v) is 7.70.